The van der Waals surface area contributed by atoms with E-state index in [-0.39, 0.29) is 11.7 Å². The van der Waals surface area contributed by atoms with Gasteiger partial charge in [0.15, 0.2) is 5.82 Å². The molecule has 24 heavy (non-hydrogen) atoms. The molecule has 1 aromatic heterocycles. The summed E-state index contributed by atoms with van der Waals surface area (Å²) in [5, 5.41) is 9.84. The van der Waals surface area contributed by atoms with Crippen molar-refractivity contribution in [1.29, 1.82) is 0 Å². The molecule has 0 aliphatic carbocycles. The van der Waals surface area contributed by atoms with Crippen molar-refractivity contribution in [3.63, 3.8) is 0 Å². The first-order valence-corrected chi connectivity index (χ1v) is 8.21. The van der Waals surface area contributed by atoms with Crippen molar-refractivity contribution < 1.29 is 9.18 Å². The molecule has 0 saturated heterocycles. The van der Waals surface area contributed by atoms with Crippen molar-refractivity contribution in [3.05, 3.63) is 60.4 Å². The van der Waals surface area contributed by atoms with Crippen LogP contribution in [0.2, 0.25) is 0 Å². The number of carbonyl (C=O) groups is 1. The number of hydrogen-bond acceptors (Lipinski definition) is 4. The zero-order chi connectivity index (χ0) is 16.9. The Labute approximate surface area is 142 Å². The van der Waals surface area contributed by atoms with Crippen molar-refractivity contribution in [2.45, 2.75) is 17.3 Å². The third-order valence-electron chi connectivity index (χ3n) is 3.28. The molecule has 5 nitrogen and oxygen atoms in total. The van der Waals surface area contributed by atoms with Crippen LogP contribution in [-0.4, -0.2) is 26.3 Å². The molecule has 0 aliphatic heterocycles. The molecule has 2 aromatic carbocycles. The normalized spacial score (nSPS) is 11.9. The third kappa shape index (κ3) is 3.99. The first-order valence-electron chi connectivity index (χ1n) is 7.33. The second kappa shape index (κ2) is 7.27. The van der Waals surface area contributed by atoms with Crippen LogP contribution < -0.4 is 5.32 Å². The van der Waals surface area contributed by atoms with Crippen molar-refractivity contribution in [2.24, 2.45) is 0 Å². The van der Waals surface area contributed by atoms with Gasteiger partial charge in [-0.1, -0.05) is 42.1 Å². The molecular formula is C17H15FN4OS. The van der Waals surface area contributed by atoms with E-state index in [1.165, 1.54) is 36.0 Å². The summed E-state index contributed by atoms with van der Waals surface area (Å²) < 4.78 is 12.9. The summed E-state index contributed by atoms with van der Waals surface area (Å²) in [6.45, 7) is 1.77. The van der Waals surface area contributed by atoms with Crippen LogP contribution in [-0.2, 0) is 4.79 Å². The lowest BCUT2D eigenvalue weighted by atomic mass is 10.2. The minimum absolute atomic E-state index is 0.197. The molecule has 0 saturated carbocycles. The van der Waals surface area contributed by atoms with E-state index >= 15 is 0 Å². The van der Waals surface area contributed by atoms with Gasteiger partial charge in [0.2, 0.25) is 11.1 Å². The predicted octanol–water partition coefficient (Wildman–Crippen LogP) is 3.73. The van der Waals surface area contributed by atoms with Crippen LogP contribution in [0, 0.1) is 5.82 Å². The average Bonchev–Trinajstić information content (AvgIpc) is 3.06. The molecule has 1 heterocycles. The maximum absolute atomic E-state index is 12.9. The summed E-state index contributed by atoms with van der Waals surface area (Å²) in [5.74, 6) is 0.117. The van der Waals surface area contributed by atoms with E-state index in [4.69, 9.17) is 0 Å². The number of nitrogens with one attached hydrogen (secondary N) is 2. The Morgan fingerprint density at radius 1 is 1.17 bits per heavy atom. The zero-order valence-corrected chi connectivity index (χ0v) is 13.7. The van der Waals surface area contributed by atoms with Crippen LogP contribution in [0.25, 0.3) is 11.4 Å². The largest absolute Gasteiger partial charge is 0.325 e. The van der Waals surface area contributed by atoms with E-state index in [2.05, 4.69) is 20.5 Å². The molecule has 3 rings (SSSR count). The lowest BCUT2D eigenvalue weighted by Crippen LogP contribution is -2.22. The molecule has 0 spiro atoms. The standard InChI is InChI=1S/C17H15FN4OS/c1-11(16(23)19-14-9-7-13(18)8-10-14)24-17-20-15(21-22-17)12-5-3-2-4-6-12/h2-11H,1H3,(H,19,23)(H,20,21,22)/t11-/m1/s1. The highest BCUT2D eigenvalue weighted by Crippen LogP contribution is 2.23. The van der Waals surface area contributed by atoms with Gasteiger partial charge >= 0.3 is 0 Å². The Morgan fingerprint density at radius 2 is 1.88 bits per heavy atom. The van der Waals surface area contributed by atoms with Gasteiger partial charge in [-0.3, -0.25) is 9.89 Å². The highest BCUT2D eigenvalue weighted by molar-refractivity contribution is 8.00. The van der Waals surface area contributed by atoms with E-state index in [9.17, 15) is 9.18 Å². The van der Waals surface area contributed by atoms with Crippen LogP contribution in [0.15, 0.2) is 59.8 Å². The van der Waals surface area contributed by atoms with Crippen LogP contribution in [0.4, 0.5) is 10.1 Å². The summed E-state index contributed by atoms with van der Waals surface area (Å²) in [6, 6.07) is 15.3. The smallest absolute Gasteiger partial charge is 0.237 e. The van der Waals surface area contributed by atoms with Crippen molar-refractivity contribution in [1.82, 2.24) is 15.2 Å². The van der Waals surface area contributed by atoms with Crippen molar-refractivity contribution in [2.75, 3.05) is 5.32 Å². The van der Waals surface area contributed by atoms with Gasteiger partial charge in [0.25, 0.3) is 0 Å². The van der Waals surface area contributed by atoms with Crippen molar-refractivity contribution in [3.8, 4) is 11.4 Å². The number of aromatic amines is 1. The average molecular weight is 342 g/mol. The molecule has 7 heteroatoms. The number of hydrogen-bond donors (Lipinski definition) is 2. The molecule has 0 aliphatic rings. The van der Waals surface area contributed by atoms with E-state index in [0.717, 1.165) is 5.56 Å². The van der Waals surface area contributed by atoms with Crippen LogP contribution in [0.1, 0.15) is 6.92 Å². The van der Waals surface area contributed by atoms with E-state index in [1.807, 2.05) is 30.3 Å². The van der Waals surface area contributed by atoms with Gasteiger partial charge < -0.3 is 5.32 Å². The number of anilines is 1. The molecular weight excluding hydrogens is 327 g/mol. The summed E-state index contributed by atoms with van der Waals surface area (Å²) in [7, 11) is 0. The minimum atomic E-state index is -0.394. The van der Waals surface area contributed by atoms with Crippen molar-refractivity contribution >= 4 is 23.4 Å². The molecule has 122 valence electrons. The highest BCUT2D eigenvalue weighted by atomic mass is 32.2. The van der Waals surface area contributed by atoms with Gasteiger partial charge in [-0.25, -0.2) is 9.37 Å². The summed E-state index contributed by atoms with van der Waals surface area (Å²) >= 11 is 1.25. The first kappa shape index (κ1) is 16.2. The molecule has 1 amide bonds. The maximum Gasteiger partial charge on any atom is 0.237 e. The van der Waals surface area contributed by atoms with Gasteiger partial charge in [-0.15, -0.1) is 5.10 Å². The summed E-state index contributed by atoms with van der Waals surface area (Å²) in [4.78, 5) is 16.6. The Morgan fingerprint density at radius 3 is 2.58 bits per heavy atom. The number of aromatic nitrogens is 3. The molecule has 0 bridgehead atoms. The fourth-order valence-electron chi connectivity index (χ4n) is 2.01. The number of H-pyrrole nitrogens is 1. The SMILES string of the molecule is C[C@@H](Sc1n[nH]c(-c2ccccc2)n1)C(=O)Nc1ccc(F)cc1. The highest BCUT2D eigenvalue weighted by Gasteiger charge is 2.17. The molecule has 0 fully saturated rings. The fourth-order valence-corrected chi connectivity index (χ4v) is 2.74. The number of carbonyl (C=O) groups excluding carboxylic acids is 1. The zero-order valence-electron chi connectivity index (χ0n) is 12.9. The van der Waals surface area contributed by atoms with Gasteiger partial charge in [-0.2, -0.15) is 0 Å². The molecule has 3 aromatic rings. The third-order valence-corrected chi connectivity index (χ3v) is 4.24. The lowest BCUT2D eigenvalue weighted by molar-refractivity contribution is -0.115. The number of amides is 1. The molecule has 0 radical (unpaired) electrons. The quantitative estimate of drug-likeness (QED) is 0.693. The van der Waals surface area contributed by atoms with Gasteiger partial charge in [0.1, 0.15) is 5.82 Å². The van der Waals surface area contributed by atoms with E-state index < -0.39 is 5.25 Å². The van der Waals surface area contributed by atoms with Crippen LogP contribution in [0.5, 0.6) is 0 Å². The number of rotatable bonds is 5. The Bertz CT molecular complexity index is 820. The van der Waals surface area contributed by atoms with Gasteiger partial charge in [-0.05, 0) is 31.2 Å². The number of thioether (sulfide) groups is 1. The number of nitrogens with zero attached hydrogens (tertiary/aromatic N) is 2. The Hall–Kier alpha value is -2.67. The predicted molar refractivity (Wildman–Crippen MR) is 92.2 cm³/mol. The van der Waals surface area contributed by atoms with Gasteiger partial charge in [0.05, 0.1) is 5.25 Å². The Balaban J connectivity index is 1.62. The van der Waals surface area contributed by atoms with E-state index in [0.29, 0.717) is 16.7 Å². The fraction of sp³-hybridized carbons (Fsp3) is 0.118. The summed E-state index contributed by atoms with van der Waals surface area (Å²) in [6.07, 6.45) is 0. The lowest BCUT2D eigenvalue weighted by Gasteiger charge is -2.09. The van der Waals surface area contributed by atoms with Crippen LogP contribution >= 0.6 is 11.8 Å². The van der Waals surface area contributed by atoms with Gasteiger partial charge in [0, 0.05) is 11.3 Å². The topological polar surface area (TPSA) is 70.7 Å². The first-order chi connectivity index (χ1) is 11.6. The summed E-state index contributed by atoms with van der Waals surface area (Å²) in [5.41, 5.74) is 1.48. The van der Waals surface area contributed by atoms with Crippen LogP contribution in [0.3, 0.4) is 0 Å². The maximum atomic E-state index is 12.9. The van der Waals surface area contributed by atoms with E-state index in [1.54, 1.807) is 6.92 Å². The second-order valence-corrected chi connectivity index (χ2v) is 6.40. The molecule has 2 N–H and O–H groups in total. The molecule has 1 atom stereocenters. The second-order valence-electron chi connectivity index (χ2n) is 5.09. The number of halogens is 1. The minimum Gasteiger partial charge on any atom is -0.325 e. The monoisotopic (exact) mass is 342 g/mol. The number of benzene rings is 2. The molecule has 0 unspecified atom stereocenters. The Kier molecular flexibility index (Phi) is 4.90.